The molecule has 3 rings (SSSR count). The number of nitrogens with two attached hydrogens (primary N) is 1. The van der Waals surface area contributed by atoms with E-state index in [1.807, 2.05) is 54.6 Å². The molecule has 1 heterocycles. The molecule has 1 amide bonds. The lowest BCUT2D eigenvalue weighted by Gasteiger charge is -2.10. The van der Waals surface area contributed by atoms with Crippen molar-refractivity contribution in [2.24, 2.45) is 5.73 Å². The summed E-state index contributed by atoms with van der Waals surface area (Å²) in [7, 11) is 3.24. The predicted molar refractivity (Wildman–Crippen MR) is 115 cm³/mol. The molecule has 6 heteroatoms. The molecule has 3 aromatic rings. The summed E-state index contributed by atoms with van der Waals surface area (Å²) in [6.45, 7) is 0.507. The van der Waals surface area contributed by atoms with E-state index in [1.165, 1.54) is 0 Å². The topological polar surface area (TPSA) is 83.7 Å². The molecule has 0 aliphatic carbocycles. The molecular weight excluding hydrogens is 380 g/mol. The first kappa shape index (κ1) is 21.2. The molecule has 2 N–H and O–H groups in total. The molecular formula is C24H26N2O4. The first-order valence-corrected chi connectivity index (χ1v) is 9.77. The van der Waals surface area contributed by atoms with Crippen LogP contribution in [-0.2, 0) is 19.3 Å². The molecule has 0 aliphatic heterocycles. The van der Waals surface area contributed by atoms with Crippen molar-refractivity contribution in [3.05, 3.63) is 83.0 Å². The quantitative estimate of drug-likeness (QED) is 0.556. The Morgan fingerprint density at radius 1 is 0.867 bits per heavy atom. The Kier molecular flexibility index (Phi) is 7.27. The van der Waals surface area contributed by atoms with Crippen molar-refractivity contribution in [2.75, 3.05) is 20.8 Å². The lowest BCUT2D eigenvalue weighted by atomic mass is 10.0. The van der Waals surface area contributed by atoms with E-state index in [0.29, 0.717) is 29.5 Å². The van der Waals surface area contributed by atoms with E-state index in [-0.39, 0.29) is 0 Å². The zero-order valence-corrected chi connectivity index (χ0v) is 17.3. The van der Waals surface area contributed by atoms with Crippen molar-refractivity contribution in [3.8, 4) is 17.4 Å². The molecule has 0 unspecified atom stereocenters. The summed E-state index contributed by atoms with van der Waals surface area (Å²) in [6, 6.07) is 19.0. The molecule has 0 radical (unpaired) electrons. The molecule has 0 saturated heterocycles. The summed E-state index contributed by atoms with van der Waals surface area (Å²) < 4.78 is 16.4. The highest BCUT2D eigenvalue weighted by Gasteiger charge is 2.06. The van der Waals surface area contributed by atoms with Crippen LogP contribution < -0.4 is 19.9 Å². The van der Waals surface area contributed by atoms with Gasteiger partial charge >= 0.3 is 0 Å². The number of carbonyl (C=O) groups is 1. The summed E-state index contributed by atoms with van der Waals surface area (Å²) in [6.07, 6.45) is 2.24. The smallest absolute Gasteiger partial charge is 0.248 e. The van der Waals surface area contributed by atoms with Crippen molar-refractivity contribution in [3.63, 3.8) is 0 Å². The number of pyridine rings is 1. The van der Waals surface area contributed by atoms with Gasteiger partial charge in [-0.2, -0.15) is 0 Å². The fourth-order valence-electron chi connectivity index (χ4n) is 3.14. The number of primary amides is 1. The Morgan fingerprint density at radius 3 is 2.40 bits per heavy atom. The Balaban J connectivity index is 1.54. The van der Waals surface area contributed by atoms with Crippen LogP contribution in [0.4, 0.5) is 0 Å². The molecule has 2 aromatic carbocycles. The van der Waals surface area contributed by atoms with E-state index in [4.69, 9.17) is 19.9 Å². The summed E-state index contributed by atoms with van der Waals surface area (Å²) >= 11 is 0. The molecule has 0 spiro atoms. The largest absolute Gasteiger partial charge is 0.493 e. The van der Waals surface area contributed by atoms with Crippen molar-refractivity contribution in [1.29, 1.82) is 0 Å². The highest BCUT2D eigenvalue weighted by molar-refractivity contribution is 5.92. The second kappa shape index (κ2) is 10.3. The standard InChI is InChI=1S/C24H26N2O4/c1-28-21-12-10-18(16-22(21)29-2)13-14-30-23-8-4-7-20(26-23)11-9-17-5-3-6-19(15-17)24(25)27/h3-8,10,12,15-16H,9,11,13-14H2,1-2H3,(H2,25,27). The van der Waals surface area contributed by atoms with Crippen LogP contribution in [0.15, 0.2) is 60.7 Å². The number of ether oxygens (including phenoxy) is 3. The minimum atomic E-state index is -0.417. The van der Waals surface area contributed by atoms with Gasteiger partial charge in [0.15, 0.2) is 11.5 Å². The van der Waals surface area contributed by atoms with Gasteiger partial charge in [-0.05, 0) is 54.3 Å². The number of amides is 1. The molecule has 0 saturated carbocycles. The molecule has 0 atom stereocenters. The van der Waals surface area contributed by atoms with Crippen LogP contribution in [-0.4, -0.2) is 31.7 Å². The fraction of sp³-hybridized carbons (Fsp3) is 0.250. The van der Waals surface area contributed by atoms with Gasteiger partial charge in [-0.15, -0.1) is 0 Å². The molecule has 0 fully saturated rings. The fourth-order valence-corrected chi connectivity index (χ4v) is 3.14. The van der Waals surface area contributed by atoms with E-state index in [1.54, 1.807) is 20.3 Å². The maximum absolute atomic E-state index is 11.3. The van der Waals surface area contributed by atoms with Crippen molar-refractivity contribution >= 4 is 5.91 Å². The van der Waals surface area contributed by atoms with Crippen molar-refractivity contribution in [1.82, 2.24) is 4.98 Å². The van der Waals surface area contributed by atoms with Gasteiger partial charge in [-0.3, -0.25) is 4.79 Å². The van der Waals surface area contributed by atoms with Crippen LogP contribution in [0.5, 0.6) is 17.4 Å². The zero-order chi connectivity index (χ0) is 21.3. The summed E-state index contributed by atoms with van der Waals surface area (Å²) in [5, 5.41) is 0. The molecule has 0 bridgehead atoms. The number of carbonyl (C=O) groups excluding carboxylic acids is 1. The third-order valence-corrected chi connectivity index (χ3v) is 4.75. The number of aromatic nitrogens is 1. The highest BCUT2D eigenvalue weighted by Crippen LogP contribution is 2.27. The zero-order valence-electron chi connectivity index (χ0n) is 17.3. The van der Waals surface area contributed by atoms with Gasteiger partial charge in [0.25, 0.3) is 0 Å². The first-order valence-electron chi connectivity index (χ1n) is 9.77. The maximum atomic E-state index is 11.3. The second-order valence-electron chi connectivity index (χ2n) is 6.82. The molecule has 0 aliphatic rings. The average Bonchev–Trinajstić information content (AvgIpc) is 2.78. The molecule has 30 heavy (non-hydrogen) atoms. The van der Waals surface area contributed by atoms with Crippen molar-refractivity contribution < 1.29 is 19.0 Å². The molecule has 156 valence electrons. The van der Waals surface area contributed by atoms with Crippen LogP contribution in [0.25, 0.3) is 0 Å². The van der Waals surface area contributed by atoms with Crippen LogP contribution in [0.3, 0.4) is 0 Å². The first-order chi connectivity index (χ1) is 14.6. The Hall–Kier alpha value is -3.54. The Labute approximate surface area is 176 Å². The Bertz CT molecular complexity index is 1000. The van der Waals surface area contributed by atoms with E-state index >= 15 is 0 Å². The number of hydrogen-bond acceptors (Lipinski definition) is 5. The number of methoxy groups -OCH3 is 2. The summed E-state index contributed by atoms with van der Waals surface area (Å²) in [5.74, 6) is 1.59. The number of nitrogens with zero attached hydrogens (tertiary/aromatic N) is 1. The van der Waals surface area contributed by atoms with Crippen LogP contribution in [0.1, 0.15) is 27.2 Å². The average molecular weight is 406 g/mol. The van der Waals surface area contributed by atoms with E-state index < -0.39 is 5.91 Å². The highest BCUT2D eigenvalue weighted by atomic mass is 16.5. The van der Waals surface area contributed by atoms with E-state index in [9.17, 15) is 4.79 Å². The minimum Gasteiger partial charge on any atom is -0.493 e. The molecule has 1 aromatic heterocycles. The van der Waals surface area contributed by atoms with Gasteiger partial charge in [-0.25, -0.2) is 4.98 Å². The van der Waals surface area contributed by atoms with Gasteiger partial charge in [0.1, 0.15) is 0 Å². The number of hydrogen-bond donors (Lipinski definition) is 1. The third-order valence-electron chi connectivity index (χ3n) is 4.75. The van der Waals surface area contributed by atoms with Crippen LogP contribution in [0, 0.1) is 0 Å². The lowest BCUT2D eigenvalue weighted by molar-refractivity contribution is 0.1000. The van der Waals surface area contributed by atoms with Crippen molar-refractivity contribution in [2.45, 2.75) is 19.3 Å². The predicted octanol–water partition coefficient (Wildman–Crippen LogP) is 3.60. The number of aryl methyl sites for hydroxylation is 2. The third kappa shape index (κ3) is 5.73. The normalized spacial score (nSPS) is 10.5. The van der Waals surface area contributed by atoms with Gasteiger partial charge in [0.05, 0.1) is 20.8 Å². The van der Waals surface area contributed by atoms with Gasteiger partial charge in [-0.1, -0.05) is 24.3 Å². The summed E-state index contributed by atoms with van der Waals surface area (Å²) in [5.41, 5.74) is 8.95. The lowest BCUT2D eigenvalue weighted by Crippen LogP contribution is -2.11. The van der Waals surface area contributed by atoms with Gasteiger partial charge in [0.2, 0.25) is 11.8 Å². The second-order valence-corrected chi connectivity index (χ2v) is 6.82. The van der Waals surface area contributed by atoms with Gasteiger partial charge in [0, 0.05) is 23.7 Å². The van der Waals surface area contributed by atoms with Gasteiger partial charge < -0.3 is 19.9 Å². The van der Waals surface area contributed by atoms with Crippen LogP contribution in [0.2, 0.25) is 0 Å². The SMILES string of the molecule is COc1ccc(CCOc2cccc(CCc3cccc(C(N)=O)c3)n2)cc1OC. The number of rotatable bonds is 10. The van der Waals surface area contributed by atoms with E-state index in [0.717, 1.165) is 36.1 Å². The summed E-state index contributed by atoms with van der Waals surface area (Å²) in [4.78, 5) is 15.9. The minimum absolute atomic E-state index is 0.417. The van der Waals surface area contributed by atoms with Crippen LogP contribution >= 0.6 is 0 Å². The molecule has 6 nitrogen and oxygen atoms in total. The monoisotopic (exact) mass is 406 g/mol. The Morgan fingerprint density at radius 2 is 1.63 bits per heavy atom. The number of benzene rings is 2. The maximum Gasteiger partial charge on any atom is 0.248 e. The van der Waals surface area contributed by atoms with E-state index in [2.05, 4.69) is 4.98 Å².